The summed E-state index contributed by atoms with van der Waals surface area (Å²) in [6, 6.07) is 1.95. The van der Waals surface area contributed by atoms with Crippen molar-refractivity contribution in [3.05, 3.63) is 28.4 Å². The van der Waals surface area contributed by atoms with Crippen LogP contribution in [0.1, 0.15) is 27.2 Å². The van der Waals surface area contributed by atoms with Gasteiger partial charge in [0, 0.05) is 19.0 Å². The summed E-state index contributed by atoms with van der Waals surface area (Å²) in [6.07, 6.45) is 0.897. The molecule has 0 spiro atoms. The van der Waals surface area contributed by atoms with Crippen molar-refractivity contribution in [1.82, 2.24) is 9.88 Å². The van der Waals surface area contributed by atoms with E-state index in [-0.39, 0.29) is 43.9 Å². The van der Waals surface area contributed by atoms with Crippen LogP contribution in [-0.2, 0) is 14.3 Å². The Morgan fingerprint density at radius 3 is 2.63 bits per heavy atom. The number of aromatic nitrogens is 1. The maximum Gasteiger partial charge on any atom is 0.411 e. The summed E-state index contributed by atoms with van der Waals surface area (Å²) in [5.74, 6) is -0.490. The molecule has 2 saturated heterocycles. The minimum atomic E-state index is -0.648. The Morgan fingerprint density at radius 2 is 2.04 bits per heavy atom. The number of pyridine rings is 1. The fourth-order valence-electron chi connectivity index (χ4n) is 3.23. The molecular weight excluding hydrogens is 356 g/mol. The number of nitro groups is 1. The highest BCUT2D eigenvalue weighted by Gasteiger charge is 2.43. The second kappa shape index (κ2) is 7.10. The van der Waals surface area contributed by atoms with E-state index in [4.69, 9.17) is 9.47 Å². The SMILES string of the molecule is CC(C)(C)OC(=O)N1C2COCC1CN(c1ccc([N+](=O)[O-])nc1)C(=O)C2. The Bertz CT molecular complexity index is 745. The van der Waals surface area contributed by atoms with Crippen molar-refractivity contribution in [1.29, 1.82) is 0 Å². The van der Waals surface area contributed by atoms with Gasteiger partial charge in [-0.1, -0.05) is 0 Å². The predicted octanol–water partition coefficient (Wildman–Crippen LogP) is 1.73. The lowest BCUT2D eigenvalue weighted by Crippen LogP contribution is -2.57. The molecule has 2 aliphatic rings. The van der Waals surface area contributed by atoms with Crippen LogP contribution in [0.4, 0.5) is 16.3 Å². The number of ether oxygens (including phenoxy) is 2. The van der Waals surface area contributed by atoms with E-state index in [9.17, 15) is 19.7 Å². The third kappa shape index (κ3) is 4.16. The molecule has 146 valence electrons. The Labute approximate surface area is 156 Å². The third-order valence-electron chi connectivity index (χ3n) is 4.35. The zero-order valence-corrected chi connectivity index (χ0v) is 15.5. The number of nitrogens with zero attached hydrogens (tertiary/aromatic N) is 4. The highest BCUT2D eigenvalue weighted by Crippen LogP contribution is 2.28. The maximum absolute atomic E-state index is 12.8. The van der Waals surface area contributed by atoms with E-state index in [1.807, 2.05) is 0 Å². The van der Waals surface area contributed by atoms with E-state index >= 15 is 0 Å². The van der Waals surface area contributed by atoms with Crippen LogP contribution in [0.5, 0.6) is 0 Å². The molecule has 0 aromatic carbocycles. The first-order chi connectivity index (χ1) is 12.7. The van der Waals surface area contributed by atoms with Crippen LogP contribution < -0.4 is 4.90 Å². The smallest absolute Gasteiger partial charge is 0.411 e. The van der Waals surface area contributed by atoms with Crippen LogP contribution in [0.2, 0.25) is 0 Å². The monoisotopic (exact) mass is 378 g/mol. The van der Waals surface area contributed by atoms with Crippen LogP contribution in [0.25, 0.3) is 0 Å². The van der Waals surface area contributed by atoms with E-state index in [0.29, 0.717) is 5.69 Å². The van der Waals surface area contributed by atoms with Gasteiger partial charge < -0.3 is 24.5 Å². The molecule has 0 aliphatic carbocycles. The average molecular weight is 378 g/mol. The second-order valence-corrected chi connectivity index (χ2v) is 7.57. The van der Waals surface area contributed by atoms with Gasteiger partial charge in [0.25, 0.3) is 0 Å². The zero-order valence-electron chi connectivity index (χ0n) is 15.5. The molecule has 27 heavy (non-hydrogen) atoms. The van der Waals surface area contributed by atoms with E-state index in [2.05, 4.69) is 4.98 Å². The van der Waals surface area contributed by atoms with Crippen molar-refractivity contribution in [2.45, 2.75) is 44.9 Å². The topological polar surface area (TPSA) is 115 Å². The molecule has 2 unspecified atom stereocenters. The van der Waals surface area contributed by atoms with Gasteiger partial charge in [0.05, 0.1) is 31.0 Å². The lowest BCUT2D eigenvalue weighted by molar-refractivity contribution is -0.389. The number of anilines is 1. The molecule has 3 rings (SSSR count). The van der Waals surface area contributed by atoms with Gasteiger partial charge in [0.1, 0.15) is 5.60 Å². The Kier molecular flexibility index (Phi) is 5.01. The number of carbonyl (C=O) groups excluding carboxylic acids is 2. The molecule has 2 fully saturated rings. The average Bonchev–Trinajstić information content (AvgIpc) is 2.65. The predicted molar refractivity (Wildman–Crippen MR) is 94.3 cm³/mol. The van der Waals surface area contributed by atoms with Crippen LogP contribution in [0.15, 0.2) is 18.3 Å². The quantitative estimate of drug-likeness (QED) is 0.568. The molecule has 1 aromatic heterocycles. The van der Waals surface area contributed by atoms with Gasteiger partial charge in [-0.3, -0.25) is 9.69 Å². The van der Waals surface area contributed by atoms with Gasteiger partial charge in [-0.15, -0.1) is 0 Å². The molecule has 10 nitrogen and oxygen atoms in total. The lowest BCUT2D eigenvalue weighted by atomic mass is 10.1. The number of hydrogen-bond acceptors (Lipinski definition) is 7. The van der Waals surface area contributed by atoms with Crippen LogP contribution in [0.3, 0.4) is 0 Å². The summed E-state index contributed by atoms with van der Waals surface area (Å²) in [7, 11) is 0. The van der Waals surface area contributed by atoms with Gasteiger partial charge in [-0.2, -0.15) is 0 Å². The third-order valence-corrected chi connectivity index (χ3v) is 4.35. The normalized spacial score (nSPS) is 23.0. The number of rotatable bonds is 2. The Morgan fingerprint density at radius 1 is 1.33 bits per heavy atom. The first kappa shape index (κ1) is 19.0. The highest BCUT2D eigenvalue weighted by molar-refractivity contribution is 5.94. The maximum atomic E-state index is 12.8. The van der Waals surface area contributed by atoms with Crippen molar-refractivity contribution in [2.24, 2.45) is 0 Å². The standard InChI is InChI=1S/C17H22N4O6/c1-17(2,3)27-16(23)20-12-6-15(22)19(8-13(20)10-26-9-12)11-4-5-14(18-7-11)21(24)25/h4-5,7,12-13H,6,8-10H2,1-3H3. The van der Waals surface area contributed by atoms with Crippen molar-refractivity contribution >= 4 is 23.5 Å². The van der Waals surface area contributed by atoms with Crippen molar-refractivity contribution in [2.75, 3.05) is 24.7 Å². The van der Waals surface area contributed by atoms with Gasteiger partial charge >= 0.3 is 11.9 Å². The number of fused-ring (bicyclic) bond motifs is 2. The summed E-state index contributed by atoms with van der Waals surface area (Å²) in [4.78, 5) is 42.5. The van der Waals surface area contributed by atoms with Gasteiger partial charge in [0.2, 0.25) is 5.91 Å². The zero-order chi connectivity index (χ0) is 19.8. The molecule has 0 radical (unpaired) electrons. The molecule has 2 atom stereocenters. The summed E-state index contributed by atoms with van der Waals surface area (Å²) < 4.78 is 11.1. The van der Waals surface area contributed by atoms with Crippen molar-refractivity contribution in [3.63, 3.8) is 0 Å². The summed E-state index contributed by atoms with van der Waals surface area (Å²) in [6.45, 7) is 6.10. The minimum absolute atomic E-state index is 0.0761. The molecule has 10 heteroatoms. The summed E-state index contributed by atoms with van der Waals surface area (Å²) in [5, 5.41) is 10.8. The molecule has 2 aliphatic heterocycles. The Balaban J connectivity index is 1.85. The summed E-state index contributed by atoms with van der Waals surface area (Å²) >= 11 is 0. The van der Waals surface area contributed by atoms with E-state index in [1.54, 1.807) is 25.7 Å². The fourth-order valence-corrected chi connectivity index (χ4v) is 3.23. The molecule has 3 heterocycles. The molecular formula is C17H22N4O6. The van der Waals surface area contributed by atoms with Gasteiger partial charge in [-0.25, -0.2) is 4.79 Å². The van der Waals surface area contributed by atoms with Crippen molar-refractivity contribution in [3.8, 4) is 0 Å². The molecule has 2 bridgehead atoms. The van der Waals surface area contributed by atoms with E-state index in [1.165, 1.54) is 23.2 Å². The van der Waals surface area contributed by atoms with E-state index in [0.717, 1.165) is 0 Å². The van der Waals surface area contributed by atoms with Gasteiger partial charge in [0.15, 0.2) is 6.20 Å². The Hall–Kier alpha value is -2.75. The van der Waals surface area contributed by atoms with Gasteiger partial charge in [-0.05, 0) is 36.7 Å². The second-order valence-electron chi connectivity index (χ2n) is 7.57. The first-order valence-electron chi connectivity index (χ1n) is 8.65. The molecule has 0 saturated carbocycles. The number of carbonyl (C=O) groups is 2. The molecule has 2 amide bonds. The summed E-state index contributed by atoms with van der Waals surface area (Å²) in [5.41, 5.74) is -0.202. The fraction of sp³-hybridized carbons (Fsp3) is 0.588. The lowest BCUT2D eigenvalue weighted by Gasteiger charge is -2.40. The largest absolute Gasteiger partial charge is 0.444 e. The number of hydrogen-bond donors (Lipinski definition) is 0. The first-order valence-corrected chi connectivity index (χ1v) is 8.65. The highest BCUT2D eigenvalue weighted by atomic mass is 16.6. The molecule has 1 aromatic rings. The number of amides is 2. The van der Waals surface area contributed by atoms with Crippen LogP contribution in [0, 0.1) is 10.1 Å². The van der Waals surface area contributed by atoms with E-state index < -0.39 is 22.7 Å². The van der Waals surface area contributed by atoms with Crippen molar-refractivity contribution < 1.29 is 24.0 Å². The number of morpholine rings is 1. The van der Waals surface area contributed by atoms with Crippen LogP contribution in [-0.4, -0.2) is 64.3 Å². The molecule has 0 N–H and O–H groups in total. The van der Waals surface area contributed by atoms with Crippen LogP contribution >= 0.6 is 0 Å². The minimum Gasteiger partial charge on any atom is -0.444 e.